The van der Waals surface area contributed by atoms with Crippen LogP contribution in [0.15, 0.2) is 42.5 Å². The van der Waals surface area contributed by atoms with Gasteiger partial charge in [0.1, 0.15) is 0 Å². The molecule has 0 spiro atoms. The van der Waals surface area contributed by atoms with Crippen LogP contribution in [0.4, 0.5) is 5.69 Å². The fraction of sp³-hybridized carbons (Fsp3) is 0.188. The average molecular weight is 269 g/mol. The Labute approximate surface area is 117 Å². The van der Waals surface area contributed by atoms with E-state index in [9.17, 15) is 4.79 Å². The van der Waals surface area contributed by atoms with Gasteiger partial charge in [-0.05, 0) is 35.2 Å². The third-order valence-corrected chi connectivity index (χ3v) is 3.54. The molecule has 1 aliphatic rings. The van der Waals surface area contributed by atoms with Gasteiger partial charge in [0, 0.05) is 6.42 Å². The second-order valence-corrected chi connectivity index (χ2v) is 4.87. The number of nitrogens with one attached hydrogen (secondary N) is 1. The molecule has 1 aliphatic carbocycles. The van der Waals surface area contributed by atoms with Crippen molar-refractivity contribution in [2.75, 3.05) is 5.48 Å². The summed E-state index contributed by atoms with van der Waals surface area (Å²) in [6.07, 6.45) is -0.0610. The molecule has 0 amide bonds. The Kier molecular flexibility index (Phi) is 3.16. The first kappa shape index (κ1) is 12.7. The molecule has 0 saturated heterocycles. The maximum Gasteiger partial charge on any atom is 0.335 e. The van der Waals surface area contributed by atoms with Crippen LogP contribution in [0.5, 0.6) is 0 Å². The van der Waals surface area contributed by atoms with Crippen molar-refractivity contribution in [2.45, 2.75) is 19.4 Å². The van der Waals surface area contributed by atoms with E-state index in [2.05, 4.69) is 23.7 Å². The van der Waals surface area contributed by atoms with Crippen molar-refractivity contribution >= 4 is 11.7 Å². The lowest BCUT2D eigenvalue weighted by atomic mass is 10.1. The molecule has 2 aromatic carbocycles. The van der Waals surface area contributed by atoms with Crippen molar-refractivity contribution in [3.8, 4) is 11.1 Å². The van der Waals surface area contributed by atoms with Crippen LogP contribution in [0, 0.1) is 0 Å². The molecule has 4 nitrogen and oxygen atoms in total. The van der Waals surface area contributed by atoms with Gasteiger partial charge in [0.15, 0.2) is 6.10 Å². The smallest absolute Gasteiger partial charge is 0.335 e. The van der Waals surface area contributed by atoms with E-state index in [4.69, 9.17) is 9.94 Å². The molecule has 0 bridgehead atoms. The van der Waals surface area contributed by atoms with E-state index < -0.39 is 12.1 Å². The number of hydrogen-bond acceptors (Lipinski definition) is 3. The first-order valence-corrected chi connectivity index (χ1v) is 6.51. The molecule has 3 rings (SSSR count). The Bertz CT molecular complexity index is 667. The fourth-order valence-electron chi connectivity index (χ4n) is 2.46. The van der Waals surface area contributed by atoms with E-state index >= 15 is 0 Å². The molecule has 2 aromatic rings. The summed E-state index contributed by atoms with van der Waals surface area (Å²) < 4.78 is 0. The zero-order chi connectivity index (χ0) is 14.1. The molecule has 2 N–H and O–H groups in total. The topological polar surface area (TPSA) is 58.6 Å². The number of aliphatic carboxylic acids is 1. The zero-order valence-corrected chi connectivity index (χ0v) is 11.1. The van der Waals surface area contributed by atoms with Gasteiger partial charge >= 0.3 is 5.97 Å². The molecule has 0 aromatic heterocycles. The van der Waals surface area contributed by atoms with Crippen LogP contribution in [0.2, 0.25) is 0 Å². The highest BCUT2D eigenvalue weighted by molar-refractivity contribution is 5.81. The second-order valence-electron chi connectivity index (χ2n) is 4.87. The van der Waals surface area contributed by atoms with Crippen molar-refractivity contribution in [3.05, 3.63) is 53.6 Å². The van der Waals surface area contributed by atoms with E-state index in [1.165, 1.54) is 23.6 Å². The van der Waals surface area contributed by atoms with Crippen LogP contribution in [-0.4, -0.2) is 17.2 Å². The maximum absolute atomic E-state index is 10.8. The monoisotopic (exact) mass is 269 g/mol. The van der Waals surface area contributed by atoms with E-state index in [1.54, 1.807) is 0 Å². The maximum atomic E-state index is 10.8. The lowest BCUT2D eigenvalue weighted by Gasteiger charge is -2.13. The number of carboxylic acids is 1. The predicted molar refractivity (Wildman–Crippen MR) is 76.5 cm³/mol. The van der Waals surface area contributed by atoms with E-state index in [0.29, 0.717) is 0 Å². The van der Waals surface area contributed by atoms with Crippen molar-refractivity contribution in [3.63, 3.8) is 0 Å². The minimum Gasteiger partial charge on any atom is -0.479 e. The molecule has 102 valence electrons. The van der Waals surface area contributed by atoms with Crippen molar-refractivity contribution < 1.29 is 14.7 Å². The Balaban J connectivity index is 1.88. The molecule has 1 atom stereocenters. The van der Waals surface area contributed by atoms with Crippen LogP contribution in [0.1, 0.15) is 18.1 Å². The molecule has 0 heterocycles. The number of hydrogen-bond donors (Lipinski definition) is 2. The van der Waals surface area contributed by atoms with E-state index in [0.717, 1.165) is 17.7 Å². The summed E-state index contributed by atoms with van der Waals surface area (Å²) in [5, 5.41) is 8.83. The first-order valence-electron chi connectivity index (χ1n) is 6.51. The lowest BCUT2D eigenvalue weighted by molar-refractivity contribution is -0.147. The summed E-state index contributed by atoms with van der Waals surface area (Å²) in [6, 6.07) is 14.2. The minimum atomic E-state index is -0.992. The van der Waals surface area contributed by atoms with Gasteiger partial charge in [0.2, 0.25) is 0 Å². The first-order chi connectivity index (χ1) is 9.66. The summed E-state index contributed by atoms with van der Waals surface area (Å²) >= 11 is 0. The van der Waals surface area contributed by atoms with Gasteiger partial charge in [-0.15, -0.1) is 0 Å². The Morgan fingerprint density at radius 1 is 1.20 bits per heavy atom. The Morgan fingerprint density at radius 2 is 1.95 bits per heavy atom. The van der Waals surface area contributed by atoms with Gasteiger partial charge in [0.25, 0.3) is 0 Å². The van der Waals surface area contributed by atoms with Crippen molar-refractivity contribution in [1.82, 2.24) is 0 Å². The quantitative estimate of drug-likeness (QED) is 0.715. The van der Waals surface area contributed by atoms with Crippen LogP contribution in [0.25, 0.3) is 11.1 Å². The number of anilines is 1. The van der Waals surface area contributed by atoms with E-state index in [1.807, 2.05) is 24.3 Å². The summed E-state index contributed by atoms with van der Waals surface area (Å²) in [4.78, 5) is 15.9. The normalized spacial score (nSPS) is 13.4. The van der Waals surface area contributed by atoms with Crippen molar-refractivity contribution in [2.24, 2.45) is 0 Å². The SMILES string of the molecule is CC(ONc1cccc2c1Cc1ccccc1-2)C(=O)O. The minimum absolute atomic E-state index is 0.826. The summed E-state index contributed by atoms with van der Waals surface area (Å²) in [5.74, 6) is -0.992. The lowest BCUT2D eigenvalue weighted by Crippen LogP contribution is -2.23. The largest absolute Gasteiger partial charge is 0.479 e. The van der Waals surface area contributed by atoms with Gasteiger partial charge in [-0.3, -0.25) is 10.3 Å². The molecular formula is C16H15NO3. The Hall–Kier alpha value is -2.33. The molecule has 20 heavy (non-hydrogen) atoms. The number of carboxylic acid groups (broad SMARTS) is 1. The zero-order valence-electron chi connectivity index (χ0n) is 11.1. The molecule has 0 radical (unpaired) electrons. The van der Waals surface area contributed by atoms with Crippen LogP contribution in [-0.2, 0) is 16.1 Å². The highest BCUT2D eigenvalue weighted by Crippen LogP contribution is 2.39. The van der Waals surface area contributed by atoms with Crippen LogP contribution in [0.3, 0.4) is 0 Å². The molecule has 0 aliphatic heterocycles. The van der Waals surface area contributed by atoms with Gasteiger partial charge in [-0.2, -0.15) is 0 Å². The van der Waals surface area contributed by atoms with E-state index in [-0.39, 0.29) is 0 Å². The van der Waals surface area contributed by atoms with Gasteiger partial charge < -0.3 is 5.11 Å². The highest BCUT2D eigenvalue weighted by Gasteiger charge is 2.21. The number of rotatable bonds is 4. The highest BCUT2D eigenvalue weighted by atomic mass is 16.7. The summed E-state index contributed by atoms with van der Waals surface area (Å²) in [6.45, 7) is 1.49. The van der Waals surface area contributed by atoms with Gasteiger partial charge in [0.05, 0.1) is 5.69 Å². The number of carbonyl (C=O) groups is 1. The van der Waals surface area contributed by atoms with Gasteiger partial charge in [-0.1, -0.05) is 36.4 Å². The summed E-state index contributed by atoms with van der Waals surface area (Å²) in [5.41, 5.74) is 8.44. The standard InChI is InChI=1S/C16H15NO3/c1-10(16(18)19)20-17-15-8-4-7-13-12-6-3-2-5-11(12)9-14(13)15/h2-8,10,17H,9H2,1H3,(H,18,19). The molecule has 0 fully saturated rings. The fourth-order valence-corrected chi connectivity index (χ4v) is 2.46. The van der Waals surface area contributed by atoms with Gasteiger partial charge in [-0.25, -0.2) is 4.79 Å². The van der Waals surface area contributed by atoms with Crippen LogP contribution >= 0.6 is 0 Å². The average Bonchev–Trinajstić information content (AvgIpc) is 2.83. The molecule has 1 unspecified atom stereocenters. The molecule has 4 heteroatoms. The number of fused-ring (bicyclic) bond motifs is 3. The molecule has 0 saturated carbocycles. The number of benzene rings is 2. The summed E-state index contributed by atoms with van der Waals surface area (Å²) in [7, 11) is 0. The molecular weight excluding hydrogens is 254 g/mol. The Morgan fingerprint density at radius 3 is 2.75 bits per heavy atom. The third kappa shape index (κ3) is 2.14. The van der Waals surface area contributed by atoms with Crippen LogP contribution < -0.4 is 5.48 Å². The predicted octanol–water partition coefficient (Wildman–Crippen LogP) is 3.07. The second kappa shape index (κ2) is 4.98. The third-order valence-electron chi connectivity index (χ3n) is 3.54. The van der Waals surface area contributed by atoms with Crippen molar-refractivity contribution in [1.29, 1.82) is 0 Å².